The highest BCUT2D eigenvalue weighted by atomic mass is 35.5. The van der Waals surface area contributed by atoms with Gasteiger partial charge in [0.1, 0.15) is 11.8 Å². The molecule has 0 amide bonds. The van der Waals surface area contributed by atoms with E-state index in [0.29, 0.717) is 16.6 Å². The van der Waals surface area contributed by atoms with Crippen molar-refractivity contribution < 1.29 is 0 Å². The van der Waals surface area contributed by atoms with Crippen molar-refractivity contribution in [1.82, 2.24) is 9.97 Å². The van der Waals surface area contributed by atoms with Crippen molar-refractivity contribution in [2.24, 2.45) is 0 Å². The summed E-state index contributed by atoms with van der Waals surface area (Å²) in [5.41, 5.74) is 4.47. The molecule has 3 rings (SSSR count). The van der Waals surface area contributed by atoms with Crippen LogP contribution in [-0.4, -0.2) is 9.97 Å². The number of hydrogen-bond donors (Lipinski definition) is 1. The second-order valence-corrected chi connectivity index (χ2v) is 5.75. The van der Waals surface area contributed by atoms with E-state index in [1.165, 1.54) is 5.69 Å². The smallest absolute Gasteiger partial charge is 0.140 e. The topological polar surface area (TPSA) is 52.5 Å². The number of rotatable bonds is 2. The lowest BCUT2D eigenvalue weighted by Crippen LogP contribution is -1.86. The maximum absolute atomic E-state index is 8.81. The minimum absolute atomic E-state index is 0.401. The zero-order chi connectivity index (χ0) is 17.0. The van der Waals surface area contributed by atoms with Crippen LogP contribution in [0.2, 0.25) is 5.02 Å². The van der Waals surface area contributed by atoms with Crippen molar-refractivity contribution in [3.63, 3.8) is 0 Å². The number of hydrogen-bond acceptors (Lipinski definition) is 2. The maximum Gasteiger partial charge on any atom is 0.140 e. The van der Waals surface area contributed by atoms with E-state index >= 15 is 0 Å². The van der Waals surface area contributed by atoms with Crippen LogP contribution in [0.15, 0.2) is 36.5 Å². The van der Waals surface area contributed by atoms with Crippen molar-refractivity contribution in [2.45, 2.75) is 33.6 Å². The van der Waals surface area contributed by atoms with E-state index < -0.39 is 0 Å². The number of pyridine rings is 1. The molecular weight excluding hydrogens is 306 g/mol. The van der Waals surface area contributed by atoms with Gasteiger partial charge in [0.15, 0.2) is 0 Å². The predicted octanol–water partition coefficient (Wildman–Crippen LogP) is 5.90. The van der Waals surface area contributed by atoms with Gasteiger partial charge in [0.25, 0.3) is 0 Å². The zero-order valence-corrected chi connectivity index (χ0v) is 14.6. The first-order valence-corrected chi connectivity index (χ1v) is 8.15. The molecule has 1 aromatic carbocycles. The molecule has 0 atom stereocenters. The SMILES string of the molecule is CC.CC(C)c1cc2cc(Cl)c(-c3ccc(C#N)nc3)cc2[nH]1. The molecular formula is C19H20ClN3. The molecule has 0 radical (unpaired) electrons. The Labute approximate surface area is 141 Å². The van der Waals surface area contributed by atoms with Crippen molar-refractivity contribution >= 4 is 22.5 Å². The Morgan fingerprint density at radius 2 is 1.91 bits per heavy atom. The summed E-state index contributed by atoms with van der Waals surface area (Å²) in [5.74, 6) is 0.441. The minimum Gasteiger partial charge on any atom is -0.358 e. The average molecular weight is 326 g/mol. The summed E-state index contributed by atoms with van der Waals surface area (Å²) in [6.07, 6.45) is 1.68. The number of nitriles is 1. The van der Waals surface area contributed by atoms with Crippen LogP contribution in [0.4, 0.5) is 0 Å². The number of nitrogens with zero attached hydrogens (tertiary/aromatic N) is 2. The van der Waals surface area contributed by atoms with Crippen molar-refractivity contribution in [3.8, 4) is 17.2 Å². The fourth-order valence-electron chi connectivity index (χ4n) is 2.33. The highest BCUT2D eigenvalue weighted by Gasteiger charge is 2.10. The number of benzene rings is 1. The molecule has 0 spiro atoms. The van der Waals surface area contributed by atoms with Gasteiger partial charge in [-0.25, -0.2) is 4.98 Å². The molecule has 2 aromatic heterocycles. The lowest BCUT2D eigenvalue weighted by molar-refractivity contribution is 0.836. The molecule has 0 saturated heterocycles. The number of halogens is 1. The third-order valence-corrected chi connectivity index (χ3v) is 3.85. The lowest BCUT2D eigenvalue weighted by Gasteiger charge is -2.05. The van der Waals surface area contributed by atoms with Gasteiger partial charge < -0.3 is 4.98 Å². The molecule has 0 saturated carbocycles. The third kappa shape index (κ3) is 3.55. The van der Waals surface area contributed by atoms with E-state index in [-0.39, 0.29) is 0 Å². The third-order valence-electron chi connectivity index (χ3n) is 3.54. The summed E-state index contributed by atoms with van der Waals surface area (Å²) in [5, 5.41) is 10.6. The number of fused-ring (bicyclic) bond motifs is 1. The summed E-state index contributed by atoms with van der Waals surface area (Å²) >= 11 is 6.39. The van der Waals surface area contributed by atoms with Gasteiger partial charge in [0.2, 0.25) is 0 Å². The highest BCUT2D eigenvalue weighted by Crippen LogP contribution is 2.33. The summed E-state index contributed by atoms with van der Waals surface area (Å²) in [6.45, 7) is 8.30. The molecule has 23 heavy (non-hydrogen) atoms. The van der Waals surface area contributed by atoms with Gasteiger partial charge in [-0.05, 0) is 36.2 Å². The molecule has 3 aromatic rings. The van der Waals surface area contributed by atoms with E-state index in [1.807, 2.05) is 38.1 Å². The molecule has 2 heterocycles. The van der Waals surface area contributed by atoms with Crippen molar-refractivity contribution in [2.75, 3.05) is 0 Å². The molecule has 1 N–H and O–H groups in total. The summed E-state index contributed by atoms with van der Waals surface area (Å²) in [7, 11) is 0. The van der Waals surface area contributed by atoms with E-state index in [2.05, 4.69) is 29.9 Å². The monoisotopic (exact) mass is 325 g/mol. The number of H-pyrrole nitrogens is 1. The Kier molecular flexibility index (Phi) is 5.41. The molecule has 0 bridgehead atoms. The van der Waals surface area contributed by atoms with Gasteiger partial charge in [-0.15, -0.1) is 0 Å². The van der Waals surface area contributed by atoms with Crippen LogP contribution in [0.1, 0.15) is 45.0 Å². The minimum atomic E-state index is 0.401. The summed E-state index contributed by atoms with van der Waals surface area (Å²) in [4.78, 5) is 7.52. The molecule has 4 heteroatoms. The average Bonchev–Trinajstić information content (AvgIpc) is 2.99. The summed E-state index contributed by atoms with van der Waals surface area (Å²) in [6, 6.07) is 11.7. The van der Waals surface area contributed by atoms with Crippen LogP contribution in [0.3, 0.4) is 0 Å². The Bertz CT molecular complexity index is 839. The van der Waals surface area contributed by atoms with Gasteiger partial charge in [0.05, 0.1) is 0 Å². The van der Waals surface area contributed by atoms with Crippen LogP contribution in [0, 0.1) is 11.3 Å². The standard InChI is InChI=1S/C17H14ClN3.C2H6/c1-10(2)16-6-12-5-15(18)14(7-17(12)21-16)11-3-4-13(8-19)20-9-11;1-2/h3-7,9-10,21H,1-2H3;1-2H3. The highest BCUT2D eigenvalue weighted by molar-refractivity contribution is 6.34. The summed E-state index contributed by atoms with van der Waals surface area (Å²) < 4.78 is 0. The Morgan fingerprint density at radius 1 is 1.17 bits per heavy atom. The molecule has 118 valence electrons. The molecule has 3 nitrogen and oxygen atoms in total. The van der Waals surface area contributed by atoms with Crippen molar-refractivity contribution in [3.05, 3.63) is 52.9 Å². The zero-order valence-electron chi connectivity index (χ0n) is 13.8. The molecule has 0 aliphatic heterocycles. The number of nitrogens with one attached hydrogen (secondary N) is 1. The van der Waals surface area contributed by atoms with Crippen LogP contribution >= 0.6 is 11.6 Å². The van der Waals surface area contributed by atoms with E-state index in [4.69, 9.17) is 16.9 Å². The Morgan fingerprint density at radius 3 is 2.48 bits per heavy atom. The van der Waals surface area contributed by atoms with Gasteiger partial charge in [-0.2, -0.15) is 5.26 Å². The first-order chi connectivity index (χ1) is 11.1. The normalized spacial score (nSPS) is 10.3. The van der Waals surface area contributed by atoms with E-state index in [0.717, 1.165) is 22.0 Å². The number of aromatic nitrogens is 2. The van der Waals surface area contributed by atoms with Crippen LogP contribution in [0.25, 0.3) is 22.0 Å². The molecule has 0 aliphatic carbocycles. The van der Waals surface area contributed by atoms with Gasteiger partial charge in [0, 0.05) is 38.9 Å². The quantitative estimate of drug-likeness (QED) is 0.637. The van der Waals surface area contributed by atoms with E-state index in [1.54, 1.807) is 12.3 Å². The number of aromatic amines is 1. The van der Waals surface area contributed by atoms with E-state index in [9.17, 15) is 0 Å². The van der Waals surface area contributed by atoms with Gasteiger partial charge >= 0.3 is 0 Å². The maximum atomic E-state index is 8.81. The Balaban J connectivity index is 0.000000924. The fourth-order valence-corrected chi connectivity index (χ4v) is 2.61. The first-order valence-electron chi connectivity index (χ1n) is 7.77. The predicted molar refractivity (Wildman–Crippen MR) is 96.7 cm³/mol. The lowest BCUT2D eigenvalue weighted by atomic mass is 10.1. The Hall–Kier alpha value is -2.31. The second kappa shape index (κ2) is 7.30. The van der Waals surface area contributed by atoms with Crippen LogP contribution in [-0.2, 0) is 0 Å². The van der Waals surface area contributed by atoms with Crippen molar-refractivity contribution in [1.29, 1.82) is 5.26 Å². The van der Waals surface area contributed by atoms with Crippen LogP contribution < -0.4 is 0 Å². The fraction of sp³-hybridized carbons (Fsp3) is 0.263. The largest absolute Gasteiger partial charge is 0.358 e. The van der Waals surface area contributed by atoms with Gasteiger partial charge in [-0.3, -0.25) is 0 Å². The second-order valence-electron chi connectivity index (χ2n) is 5.34. The first kappa shape index (κ1) is 17.1. The molecule has 0 unspecified atom stereocenters. The van der Waals surface area contributed by atoms with Gasteiger partial charge in [-0.1, -0.05) is 39.3 Å². The molecule has 0 aliphatic rings. The van der Waals surface area contributed by atoms with Crippen LogP contribution in [0.5, 0.6) is 0 Å². The molecule has 0 fully saturated rings.